The minimum Gasteiger partial charge on any atom is -0.0846 e. The SMILES string of the molecule is CCC/C=C/C=C/C[P+](c1ccccc1)(c1ccccc1)c1ccccc1. The average Bonchev–Trinajstić information content (AvgIpc) is 2.75. The number of hydrogen-bond donors (Lipinski definition) is 0. The van der Waals surface area contributed by atoms with Crippen LogP contribution < -0.4 is 15.9 Å². The van der Waals surface area contributed by atoms with Crippen molar-refractivity contribution in [2.75, 3.05) is 6.16 Å². The molecule has 0 aliphatic carbocycles. The Labute approximate surface area is 164 Å². The van der Waals surface area contributed by atoms with Gasteiger partial charge in [-0.15, -0.1) is 0 Å². The molecule has 3 rings (SSSR count). The highest BCUT2D eigenvalue weighted by Crippen LogP contribution is 2.55. The fourth-order valence-corrected chi connectivity index (χ4v) is 7.46. The van der Waals surface area contributed by atoms with Crippen LogP contribution in [0.3, 0.4) is 0 Å². The van der Waals surface area contributed by atoms with Crippen LogP contribution in [0, 0.1) is 0 Å². The lowest BCUT2D eigenvalue weighted by molar-refractivity contribution is 0.959. The summed E-state index contributed by atoms with van der Waals surface area (Å²) in [7, 11) is -1.73. The van der Waals surface area contributed by atoms with E-state index in [1.165, 1.54) is 22.3 Å². The van der Waals surface area contributed by atoms with E-state index in [9.17, 15) is 0 Å². The second-order valence-electron chi connectivity index (χ2n) is 6.64. The summed E-state index contributed by atoms with van der Waals surface area (Å²) in [6, 6.07) is 33.1. The van der Waals surface area contributed by atoms with E-state index in [4.69, 9.17) is 0 Å². The van der Waals surface area contributed by atoms with Crippen LogP contribution in [-0.2, 0) is 0 Å². The second-order valence-corrected chi connectivity index (χ2v) is 10.2. The molecule has 0 radical (unpaired) electrons. The van der Waals surface area contributed by atoms with Gasteiger partial charge in [0, 0.05) is 0 Å². The van der Waals surface area contributed by atoms with Gasteiger partial charge in [0.15, 0.2) is 0 Å². The first-order valence-electron chi connectivity index (χ1n) is 9.74. The number of rotatable bonds is 8. The molecule has 0 aliphatic heterocycles. The van der Waals surface area contributed by atoms with Gasteiger partial charge in [0.2, 0.25) is 0 Å². The van der Waals surface area contributed by atoms with Crippen molar-refractivity contribution >= 4 is 23.2 Å². The summed E-state index contributed by atoms with van der Waals surface area (Å²) >= 11 is 0. The van der Waals surface area contributed by atoms with Gasteiger partial charge in [-0.1, -0.05) is 86.2 Å². The van der Waals surface area contributed by atoms with Crippen LogP contribution in [0.15, 0.2) is 115 Å². The lowest BCUT2D eigenvalue weighted by atomic mass is 10.3. The summed E-state index contributed by atoms with van der Waals surface area (Å²) in [4.78, 5) is 0. The smallest absolute Gasteiger partial charge is 0.0846 e. The van der Waals surface area contributed by atoms with Crippen LogP contribution in [0.5, 0.6) is 0 Å². The van der Waals surface area contributed by atoms with Gasteiger partial charge in [0.1, 0.15) is 23.2 Å². The molecular weight excluding hydrogens is 343 g/mol. The lowest BCUT2D eigenvalue weighted by Crippen LogP contribution is -2.32. The Kier molecular flexibility index (Phi) is 7.19. The molecule has 1 heteroatoms. The third-order valence-corrected chi connectivity index (χ3v) is 9.11. The van der Waals surface area contributed by atoms with E-state index in [0.29, 0.717) is 0 Å². The van der Waals surface area contributed by atoms with Gasteiger partial charge >= 0.3 is 0 Å². The van der Waals surface area contributed by atoms with Gasteiger partial charge in [-0.05, 0) is 48.9 Å². The quantitative estimate of drug-likeness (QED) is 0.342. The minimum absolute atomic E-state index is 1.03. The molecule has 0 unspecified atom stereocenters. The van der Waals surface area contributed by atoms with E-state index >= 15 is 0 Å². The van der Waals surface area contributed by atoms with Crippen molar-refractivity contribution < 1.29 is 0 Å². The van der Waals surface area contributed by atoms with E-state index in [2.05, 4.69) is 122 Å². The zero-order valence-corrected chi connectivity index (χ0v) is 16.9. The van der Waals surface area contributed by atoms with Crippen LogP contribution in [0.2, 0.25) is 0 Å². The topological polar surface area (TPSA) is 0 Å². The molecule has 0 heterocycles. The molecule has 0 fully saturated rings. The van der Waals surface area contributed by atoms with Crippen molar-refractivity contribution in [3.63, 3.8) is 0 Å². The molecule has 0 nitrogen and oxygen atoms in total. The van der Waals surface area contributed by atoms with Crippen molar-refractivity contribution in [1.82, 2.24) is 0 Å². The number of benzene rings is 3. The monoisotopic (exact) mass is 371 g/mol. The lowest BCUT2D eigenvalue weighted by Gasteiger charge is -2.26. The Balaban J connectivity index is 2.11. The largest absolute Gasteiger partial charge is 0.115 e. The zero-order chi connectivity index (χ0) is 18.8. The summed E-state index contributed by atoms with van der Waals surface area (Å²) in [5.74, 6) is 0. The molecule has 0 aliphatic rings. The highest BCUT2D eigenvalue weighted by molar-refractivity contribution is 7.95. The first-order chi connectivity index (χ1) is 13.4. The van der Waals surface area contributed by atoms with Gasteiger partial charge in [0.05, 0.1) is 6.16 Å². The molecule has 0 saturated heterocycles. The Morgan fingerprint density at radius 2 is 1.00 bits per heavy atom. The van der Waals surface area contributed by atoms with Crippen molar-refractivity contribution in [3.05, 3.63) is 115 Å². The molecule has 0 bridgehead atoms. The maximum atomic E-state index is 2.35. The summed E-state index contributed by atoms with van der Waals surface area (Å²) in [6.45, 7) is 2.21. The van der Waals surface area contributed by atoms with E-state index in [-0.39, 0.29) is 0 Å². The number of allylic oxidation sites excluding steroid dienone is 4. The molecule has 3 aromatic carbocycles. The summed E-state index contributed by atoms with van der Waals surface area (Å²) in [5, 5.41) is 4.30. The van der Waals surface area contributed by atoms with Crippen LogP contribution in [0.1, 0.15) is 19.8 Å². The molecule has 136 valence electrons. The summed E-state index contributed by atoms with van der Waals surface area (Å²) in [5.41, 5.74) is 0. The molecule has 0 aromatic heterocycles. The van der Waals surface area contributed by atoms with Crippen molar-refractivity contribution in [2.45, 2.75) is 19.8 Å². The fraction of sp³-hybridized carbons (Fsp3) is 0.154. The molecule has 27 heavy (non-hydrogen) atoms. The highest BCUT2D eigenvalue weighted by atomic mass is 31.2. The highest BCUT2D eigenvalue weighted by Gasteiger charge is 2.43. The fourth-order valence-electron chi connectivity index (χ4n) is 3.45. The Bertz CT molecular complexity index is 752. The summed E-state index contributed by atoms with van der Waals surface area (Å²) in [6.07, 6.45) is 12.4. The Hall–Kier alpha value is -2.43. The zero-order valence-electron chi connectivity index (χ0n) is 16.0. The molecule has 0 saturated carbocycles. The van der Waals surface area contributed by atoms with E-state index in [1.807, 2.05) is 0 Å². The van der Waals surface area contributed by atoms with Crippen LogP contribution >= 0.6 is 7.26 Å². The number of unbranched alkanes of at least 4 members (excludes halogenated alkanes) is 1. The third-order valence-electron chi connectivity index (χ3n) is 4.81. The Morgan fingerprint density at radius 1 is 0.593 bits per heavy atom. The molecular formula is C26H28P+. The third kappa shape index (κ3) is 4.65. The maximum Gasteiger partial charge on any atom is 0.115 e. The average molecular weight is 371 g/mol. The molecule has 0 amide bonds. The predicted octanol–water partition coefficient (Wildman–Crippen LogP) is 5.89. The minimum atomic E-state index is -1.73. The normalized spacial score (nSPS) is 12.0. The van der Waals surface area contributed by atoms with Crippen LogP contribution in [0.25, 0.3) is 0 Å². The molecule has 0 spiro atoms. The first kappa shape index (κ1) is 19.3. The van der Waals surface area contributed by atoms with Crippen molar-refractivity contribution in [3.8, 4) is 0 Å². The standard InChI is InChI=1S/C26H28P/c1-2-3-4-5-6-16-23-27(24-17-10-7-11-18-24,25-19-12-8-13-20-25)26-21-14-9-15-22-26/h4-22H,2-3,23H2,1H3/q+1/b5-4+,16-6+. The van der Waals surface area contributed by atoms with Gasteiger partial charge < -0.3 is 0 Å². The Morgan fingerprint density at radius 3 is 1.41 bits per heavy atom. The molecule has 0 atom stereocenters. The van der Waals surface area contributed by atoms with Crippen molar-refractivity contribution in [2.24, 2.45) is 0 Å². The van der Waals surface area contributed by atoms with E-state index in [1.54, 1.807) is 0 Å². The number of hydrogen-bond acceptors (Lipinski definition) is 0. The molecule has 3 aromatic rings. The van der Waals surface area contributed by atoms with Crippen LogP contribution in [0.4, 0.5) is 0 Å². The van der Waals surface area contributed by atoms with Crippen LogP contribution in [-0.4, -0.2) is 6.16 Å². The van der Waals surface area contributed by atoms with Gasteiger partial charge in [0.25, 0.3) is 0 Å². The predicted molar refractivity (Wildman–Crippen MR) is 123 cm³/mol. The van der Waals surface area contributed by atoms with E-state index in [0.717, 1.165) is 12.6 Å². The second kappa shape index (κ2) is 10.0. The molecule has 0 N–H and O–H groups in total. The van der Waals surface area contributed by atoms with Gasteiger partial charge in [-0.2, -0.15) is 0 Å². The van der Waals surface area contributed by atoms with E-state index < -0.39 is 7.26 Å². The first-order valence-corrected chi connectivity index (χ1v) is 11.7. The maximum absolute atomic E-state index is 2.35. The van der Waals surface area contributed by atoms with Gasteiger partial charge in [-0.25, -0.2) is 0 Å². The van der Waals surface area contributed by atoms with Gasteiger partial charge in [-0.3, -0.25) is 0 Å². The van der Waals surface area contributed by atoms with Crippen molar-refractivity contribution in [1.29, 1.82) is 0 Å². The summed E-state index contributed by atoms with van der Waals surface area (Å²) < 4.78 is 0.